The van der Waals surface area contributed by atoms with Gasteiger partial charge < -0.3 is 20.3 Å². The highest BCUT2D eigenvalue weighted by atomic mass is 35.5. The van der Waals surface area contributed by atoms with E-state index in [1.54, 1.807) is 30.2 Å². The Balaban J connectivity index is 1.51. The van der Waals surface area contributed by atoms with Gasteiger partial charge in [0.05, 0.1) is 17.8 Å². The highest BCUT2D eigenvalue weighted by Crippen LogP contribution is 2.28. The van der Waals surface area contributed by atoms with Crippen molar-refractivity contribution in [1.82, 2.24) is 4.90 Å². The molecule has 6 nitrogen and oxygen atoms in total. The summed E-state index contributed by atoms with van der Waals surface area (Å²) >= 11 is 6.18. The first-order valence-electron chi connectivity index (χ1n) is 8.82. The Morgan fingerprint density at radius 2 is 1.78 bits per heavy atom. The number of benzene rings is 2. The molecule has 0 unspecified atom stereocenters. The minimum absolute atomic E-state index is 0.0785. The van der Waals surface area contributed by atoms with Crippen LogP contribution in [0.1, 0.15) is 12.8 Å². The predicted octanol–water partition coefficient (Wildman–Crippen LogP) is 4.23. The zero-order valence-corrected chi connectivity index (χ0v) is 15.8. The van der Waals surface area contributed by atoms with Crippen LogP contribution in [-0.2, 0) is 4.79 Å². The number of amides is 3. The topological polar surface area (TPSA) is 70.7 Å². The molecule has 7 heteroatoms. The second-order valence-corrected chi connectivity index (χ2v) is 6.80. The van der Waals surface area contributed by atoms with Crippen LogP contribution in [0, 0.1) is 5.92 Å². The fourth-order valence-electron chi connectivity index (χ4n) is 3.03. The SMILES string of the molecule is COc1ccc(NC(=O)C2CCN(C(=O)Nc3ccccc3)CC2)c(Cl)c1. The van der Waals surface area contributed by atoms with Gasteiger partial charge in [-0.15, -0.1) is 0 Å². The Labute approximate surface area is 163 Å². The van der Waals surface area contributed by atoms with Gasteiger partial charge in [-0.25, -0.2) is 4.79 Å². The van der Waals surface area contributed by atoms with Crippen LogP contribution in [0.5, 0.6) is 5.75 Å². The van der Waals surface area contributed by atoms with Crippen LogP contribution in [-0.4, -0.2) is 37.0 Å². The predicted molar refractivity (Wildman–Crippen MR) is 106 cm³/mol. The van der Waals surface area contributed by atoms with Crippen molar-refractivity contribution < 1.29 is 14.3 Å². The highest BCUT2D eigenvalue weighted by Gasteiger charge is 2.27. The molecule has 2 N–H and O–H groups in total. The molecule has 1 heterocycles. The average molecular weight is 388 g/mol. The maximum absolute atomic E-state index is 12.5. The number of ether oxygens (including phenoxy) is 1. The largest absolute Gasteiger partial charge is 0.497 e. The molecule has 1 fully saturated rings. The third kappa shape index (κ3) is 4.92. The fraction of sp³-hybridized carbons (Fsp3) is 0.300. The Kier molecular flexibility index (Phi) is 6.19. The van der Waals surface area contributed by atoms with Gasteiger partial charge in [-0.05, 0) is 37.1 Å². The van der Waals surface area contributed by atoms with Gasteiger partial charge >= 0.3 is 6.03 Å². The van der Waals surface area contributed by atoms with Gasteiger partial charge in [0.2, 0.25) is 5.91 Å². The minimum Gasteiger partial charge on any atom is -0.497 e. The van der Waals surface area contributed by atoms with E-state index in [2.05, 4.69) is 10.6 Å². The summed E-state index contributed by atoms with van der Waals surface area (Å²) in [5.74, 6) is 0.407. The number of carbonyl (C=O) groups is 2. The molecule has 0 radical (unpaired) electrons. The van der Waals surface area contributed by atoms with E-state index < -0.39 is 0 Å². The molecule has 27 heavy (non-hydrogen) atoms. The van der Waals surface area contributed by atoms with Crippen molar-refractivity contribution in [3.63, 3.8) is 0 Å². The van der Waals surface area contributed by atoms with Crippen molar-refractivity contribution in [2.75, 3.05) is 30.8 Å². The standard InChI is InChI=1S/C20H22ClN3O3/c1-27-16-7-8-18(17(21)13-16)23-19(25)14-9-11-24(12-10-14)20(26)22-15-5-3-2-4-6-15/h2-8,13-14H,9-12H2,1H3,(H,22,26)(H,23,25). The number of anilines is 2. The van der Waals surface area contributed by atoms with E-state index in [0.29, 0.717) is 42.4 Å². The second-order valence-electron chi connectivity index (χ2n) is 6.39. The number of likely N-dealkylation sites (tertiary alicyclic amines) is 1. The normalized spacial score (nSPS) is 14.5. The van der Waals surface area contributed by atoms with Gasteiger partial charge in [-0.2, -0.15) is 0 Å². The summed E-state index contributed by atoms with van der Waals surface area (Å²) in [7, 11) is 1.56. The summed E-state index contributed by atoms with van der Waals surface area (Å²) < 4.78 is 5.11. The number of hydrogen-bond acceptors (Lipinski definition) is 3. The van der Waals surface area contributed by atoms with Gasteiger partial charge in [-0.1, -0.05) is 29.8 Å². The van der Waals surface area contributed by atoms with E-state index in [4.69, 9.17) is 16.3 Å². The molecule has 3 rings (SSSR count). The molecule has 142 valence electrons. The third-order valence-corrected chi connectivity index (χ3v) is 4.92. The number of piperidine rings is 1. The summed E-state index contributed by atoms with van der Waals surface area (Å²) in [6.45, 7) is 1.07. The van der Waals surface area contributed by atoms with E-state index in [9.17, 15) is 9.59 Å². The van der Waals surface area contributed by atoms with E-state index in [1.807, 2.05) is 30.3 Å². The van der Waals surface area contributed by atoms with Gasteiger partial charge in [0.1, 0.15) is 5.75 Å². The molecule has 0 bridgehead atoms. The lowest BCUT2D eigenvalue weighted by Gasteiger charge is -2.31. The summed E-state index contributed by atoms with van der Waals surface area (Å²) in [5.41, 5.74) is 1.32. The number of carbonyl (C=O) groups excluding carboxylic acids is 2. The Hall–Kier alpha value is -2.73. The Bertz CT molecular complexity index is 805. The Morgan fingerprint density at radius 3 is 2.41 bits per heavy atom. The van der Waals surface area contributed by atoms with Gasteiger partial charge in [0, 0.05) is 30.8 Å². The lowest BCUT2D eigenvalue weighted by Crippen LogP contribution is -2.43. The van der Waals surface area contributed by atoms with E-state index in [0.717, 1.165) is 5.69 Å². The average Bonchev–Trinajstić information content (AvgIpc) is 2.70. The third-order valence-electron chi connectivity index (χ3n) is 4.61. The molecule has 0 atom stereocenters. The second kappa shape index (κ2) is 8.77. The Morgan fingerprint density at radius 1 is 1.07 bits per heavy atom. The number of nitrogens with zero attached hydrogens (tertiary/aromatic N) is 1. The lowest BCUT2D eigenvalue weighted by atomic mass is 9.96. The molecule has 1 aliphatic rings. The molecule has 1 saturated heterocycles. The fourth-order valence-corrected chi connectivity index (χ4v) is 3.25. The smallest absolute Gasteiger partial charge is 0.321 e. The highest BCUT2D eigenvalue weighted by molar-refractivity contribution is 6.33. The van der Waals surface area contributed by atoms with Crippen molar-refractivity contribution in [2.24, 2.45) is 5.92 Å². The lowest BCUT2D eigenvalue weighted by molar-refractivity contribution is -0.121. The zero-order valence-electron chi connectivity index (χ0n) is 15.1. The molecule has 2 aromatic carbocycles. The summed E-state index contributed by atoms with van der Waals surface area (Å²) in [4.78, 5) is 26.6. The van der Waals surface area contributed by atoms with Crippen LogP contribution >= 0.6 is 11.6 Å². The number of para-hydroxylation sites is 1. The van der Waals surface area contributed by atoms with Gasteiger partial charge in [0.15, 0.2) is 0 Å². The molecular formula is C20H22ClN3O3. The van der Waals surface area contributed by atoms with E-state index in [1.165, 1.54) is 0 Å². The summed E-state index contributed by atoms with van der Waals surface area (Å²) in [6.07, 6.45) is 1.23. The first-order valence-corrected chi connectivity index (χ1v) is 9.20. The maximum Gasteiger partial charge on any atom is 0.321 e. The summed E-state index contributed by atoms with van der Waals surface area (Å²) in [6, 6.07) is 14.3. The molecule has 2 aromatic rings. The van der Waals surface area contributed by atoms with Crippen LogP contribution in [0.4, 0.5) is 16.2 Å². The van der Waals surface area contributed by atoms with Crippen LogP contribution in [0.2, 0.25) is 5.02 Å². The van der Waals surface area contributed by atoms with E-state index in [-0.39, 0.29) is 17.9 Å². The number of hydrogen-bond donors (Lipinski definition) is 2. The van der Waals surface area contributed by atoms with Crippen LogP contribution in [0.3, 0.4) is 0 Å². The number of nitrogens with one attached hydrogen (secondary N) is 2. The number of methoxy groups -OCH3 is 1. The summed E-state index contributed by atoms with van der Waals surface area (Å²) in [5, 5.41) is 6.17. The van der Waals surface area contributed by atoms with Crippen LogP contribution < -0.4 is 15.4 Å². The van der Waals surface area contributed by atoms with Crippen molar-refractivity contribution in [2.45, 2.75) is 12.8 Å². The number of halogens is 1. The monoisotopic (exact) mass is 387 g/mol. The number of urea groups is 1. The van der Waals surface area contributed by atoms with Gasteiger partial charge in [-0.3, -0.25) is 4.79 Å². The molecular weight excluding hydrogens is 366 g/mol. The van der Waals surface area contributed by atoms with Crippen LogP contribution in [0.25, 0.3) is 0 Å². The zero-order chi connectivity index (χ0) is 19.2. The molecule has 0 aromatic heterocycles. The first kappa shape index (κ1) is 19.0. The number of rotatable bonds is 4. The first-order chi connectivity index (χ1) is 13.1. The van der Waals surface area contributed by atoms with E-state index >= 15 is 0 Å². The molecule has 0 saturated carbocycles. The molecule has 1 aliphatic heterocycles. The van der Waals surface area contributed by atoms with Gasteiger partial charge in [0.25, 0.3) is 0 Å². The van der Waals surface area contributed by atoms with Crippen molar-refractivity contribution in [3.8, 4) is 5.75 Å². The quantitative estimate of drug-likeness (QED) is 0.824. The molecule has 0 spiro atoms. The molecule has 0 aliphatic carbocycles. The molecule has 3 amide bonds. The van der Waals surface area contributed by atoms with Crippen molar-refractivity contribution >= 4 is 34.9 Å². The van der Waals surface area contributed by atoms with Crippen molar-refractivity contribution in [1.29, 1.82) is 0 Å². The minimum atomic E-state index is -0.149. The van der Waals surface area contributed by atoms with Crippen LogP contribution in [0.15, 0.2) is 48.5 Å². The van der Waals surface area contributed by atoms with Crippen molar-refractivity contribution in [3.05, 3.63) is 53.6 Å². The maximum atomic E-state index is 12.5.